The van der Waals surface area contributed by atoms with Gasteiger partial charge in [0.15, 0.2) is 0 Å². The standard InChI is InChI=1S/C19H17FN4O/c1-24(13-14-5-3-2-4-6-14)19(25)17-11-22-18(12-21-17)23-16-9-7-15(20)8-10-16/h2-12H,13H2,1H3,(H,22,23). The Kier molecular flexibility index (Phi) is 4.99. The SMILES string of the molecule is CN(Cc1ccccc1)C(=O)c1cnc(Nc2ccc(F)cc2)cn1. The predicted molar refractivity (Wildman–Crippen MR) is 94.0 cm³/mol. The van der Waals surface area contributed by atoms with Crippen molar-refractivity contribution in [2.45, 2.75) is 6.54 Å². The summed E-state index contributed by atoms with van der Waals surface area (Å²) >= 11 is 0. The number of carbonyl (C=O) groups is 1. The van der Waals surface area contributed by atoms with Crippen LogP contribution in [0, 0.1) is 5.82 Å². The first-order valence-electron chi connectivity index (χ1n) is 7.76. The summed E-state index contributed by atoms with van der Waals surface area (Å²) in [7, 11) is 1.72. The topological polar surface area (TPSA) is 58.1 Å². The van der Waals surface area contributed by atoms with Gasteiger partial charge in [-0.15, -0.1) is 0 Å². The Bertz CT molecular complexity index is 836. The summed E-state index contributed by atoms with van der Waals surface area (Å²) in [4.78, 5) is 22.4. The van der Waals surface area contributed by atoms with Crippen LogP contribution in [-0.2, 0) is 6.54 Å². The molecule has 0 bridgehead atoms. The van der Waals surface area contributed by atoms with Crippen LogP contribution in [0.15, 0.2) is 67.0 Å². The lowest BCUT2D eigenvalue weighted by Crippen LogP contribution is -2.27. The van der Waals surface area contributed by atoms with E-state index in [0.29, 0.717) is 18.1 Å². The number of hydrogen-bond acceptors (Lipinski definition) is 4. The number of anilines is 2. The Morgan fingerprint density at radius 1 is 1.04 bits per heavy atom. The summed E-state index contributed by atoms with van der Waals surface area (Å²) in [5, 5.41) is 3.00. The van der Waals surface area contributed by atoms with Crippen LogP contribution in [0.25, 0.3) is 0 Å². The third-order valence-electron chi connectivity index (χ3n) is 3.60. The maximum atomic E-state index is 12.9. The molecule has 0 fully saturated rings. The van der Waals surface area contributed by atoms with Crippen LogP contribution in [0.2, 0.25) is 0 Å². The molecule has 1 N–H and O–H groups in total. The van der Waals surface area contributed by atoms with Gasteiger partial charge in [0.25, 0.3) is 5.91 Å². The minimum atomic E-state index is -0.306. The largest absolute Gasteiger partial charge is 0.339 e. The zero-order chi connectivity index (χ0) is 17.6. The molecule has 0 unspecified atom stereocenters. The Balaban J connectivity index is 1.64. The van der Waals surface area contributed by atoms with E-state index in [4.69, 9.17) is 0 Å². The molecule has 3 rings (SSSR count). The van der Waals surface area contributed by atoms with Gasteiger partial charge in [0.2, 0.25) is 0 Å². The molecule has 25 heavy (non-hydrogen) atoms. The van der Waals surface area contributed by atoms with Crippen molar-refractivity contribution in [3.05, 3.63) is 84.1 Å². The first-order chi connectivity index (χ1) is 12.1. The van der Waals surface area contributed by atoms with Crippen molar-refractivity contribution in [3.63, 3.8) is 0 Å². The van der Waals surface area contributed by atoms with Gasteiger partial charge in [-0.05, 0) is 29.8 Å². The van der Waals surface area contributed by atoms with Gasteiger partial charge in [-0.1, -0.05) is 30.3 Å². The molecule has 5 nitrogen and oxygen atoms in total. The van der Waals surface area contributed by atoms with Crippen molar-refractivity contribution in [2.24, 2.45) is 0 Å². The number of nitrogens with one attached hydrogen (secondary N) is 1. The van der Waals surface area contributed by atoms with E-state index in [-0.39, 0.29) is 17.4 Å². The minimum Gasteiger partial charge on any atom is -0.339 e. The van der Waals surface area contributed by atoms with Crippen molar-refractivity contribution < 1.29 is 9.18 Å². The molecule has 0 aliphatic heterocycles. The highest BCUT2D eigenvalue weighted by Gasteiger charge is 2.14. The van der Waals surface area contributed by atoms with E-state index < -0.39 is 0 Å². The van der Waals surface area contributed by atoms with Crippen molar-refractivity contribution >= 4 is 17.4 Å². The molecule has 1 aromatic heterocycles. The summed E-state index contributed by atoms with van der Waals surface area (Å²) in [6, 6.07) is 15.6. The van der Waals surface area contributed by atoms with E-state index in [1.165, 1.54) is 24.5 Å². The zero-order valence-corrected chi connectivity index (χ0v) is 13.7. The van der Waals surface area contributed by atoms with Crippen LogP contribution in [0.1, 0.15) is 16.1 Å². The summed E-state index contributed by atoms with van der Waals surface area (Å²) in [6.07, 6.45) is 2.91. The Morgan fingerprint density at radius 2 is 1.76 bits per heavy atom. The number of rotatable bonds is 5. The average molecular weight is 336 g/mol. The average Bonchev–Trinajstić information content (AvgIpc) is 2.64. The van der Waals surface area contributed by atoms with Crippen LogP contribution in [0.4, 0.5) is 15.9 Å². The Hall–Kier alpha value is -3.28. The van der Waals surface area contributed by atoms with Gasteiger partial charge in [0.1, 0.15) is 17.3 Å². The number of halogens is 1. The second kappa shape index (κ2) is 7.53. The lowest BCUT2D eigenvalue weighted by atomic mass is 10.2. The molecule has 0 aliphatic rings. The van der Waals surface area contributed by atoms with E-state index in [9.17, 15) is 9.18 Å². The minimum absolute atomic E-state index is 0.204. The third kappa shape index (κ3) is 4.38. The molecule has 126 valence electrons. The monoisotopic (exact) mass is 336 g/mol. The van der Waals surface area contributed by atoms with E-state index >= 15 is 0 Å². The first kappa shape index (κ1) is 16.6. The van der Waals surface area contributed by atoms with Crippen LogP contribution in [0.5, 0.6) is 0 Å². The molecule has 6 heteroatoms. The van der Waals surface area contributed by atoms with Crippen molar-refractivity contribution in [3.8, 4) is 0 Å². The first-order valence-corrected chi connectivity index (χ1v) is 7.76. The molecule has 1 heterocycles. The van der Waals surface area contributed by atoms with Gasteiger partial charge in [-0.3, -0.25) is 4.79 Å². The van der Waals surface area contributed by atoms with Crippen LogP contribution in [0.3, 0.4) is 0 Å². The highest BCUT2D eigenvalue weighted by Crippen LogP contribution is 2.14. The molecular formula is C19H17FN4O. The number of aromatic nitrogens is 2. The van der Waals surface area contributed by atoms with Gasteiger partial charge in [0.05, 0.1) is 12.4 Å². The smallest absolute Gasteiger partial charge is 0.274 e. The van der Waals surface area contributed by atoms with Crippen molar-refractivity contribution in [1.29, 1.82) is 0 Å². The number of hydrogen-bond donors (Lipinski definition) is 1. The van der Waals surface area contributed by atoms with Gasteiger partial charge in [-0.2, -0.15) is 0 Å². The number of carbonyl (C=O) groups excluding carboxylic acids is 1. The summed E-state index contributed by atoms with van der Waals surface area (Å²) < 4.78 is 12.9. The molecule has 0 radical (unpaired) electrons. The van der Waals surface area contributed by atoms with Gasteiger partial charge >= 0.3 is 0 Å². The second-order valence-electron chi connectivity index (χ2n) is 5.57. The summed E-state index contributed by atoms with van der Waals surface area (Å²) in [6.45, 7) is 0.497. The molecule has 3 aromatic rings. The van der Waals surface area contributed by atoms with Crippen molar-refractivity contribution in [2.75, 3.05) is 12.4 Å². The molecular weight excluding hydrogens is 319 g/mol. The summed E-state index contributed by atoms with van der Waals surface area (Å²) in [5.74, 6) is -0.0300. The molecule has 0 aliphatic carbocycles. The van der Waals surface area contributed by atoms with Crippen LogP contribution in [-0.4, -0.2) is 27.8 Å². The molecule has 0 spiro atoms. The fourth-order valence-electron chi connectivity index (χ4n) is 2.31. The van der Waals surface area contributed by atoms with Crippen molar-refractivity contribution in [1.82, 2.24) is 14.9 Å². The lowest BCUT2D eigenvalue weighted by Gasteiger charge is -2.16. The predicted octanol–water partition coefficient (Wildman–Crippen LogP) is 3.63. The van der Waals surface area contributed by atoms with Gasteiger partial charge < -0.3 is 10.2 Å². The van der Waals surface area contributed by atoms with Gasteiger partial charge in [0, 0.05) is 19.3 Å². The normalized spacial score (nSPS) is 10.3. The fourth-order valence-corrected chi connectivity index (χ4v) is 2.31. The quantitative estimate of drug-likeness (QED) is 0.773. The van der Waals surface area contributed by atoms with Gasteiger partial charge in [-0.25, -0.2) is 14.4 Å². The zero-order valence-electron chi connectivity index (χ0n) is 13.7. The number of amides is 1. The Morgan fingerprint density at radius 3 is 2.40 bits per heavy atom. The molecule has 2 aromatic carbocycles. The number of benzene rings is 2. The fraction of sp³-hybridized carbons (Fsp3) is 0.105. The Labute approximate surface area is 145 Å². The lowest BCUT2D eigenvalue weighted by molar-refractivity contribution is 0.0779. The maximum Gasteiger partial charge on any atom is 0.274 e. The highest BCUT2D eigenvalue weighted by molar-refractivity contribution is 5.91. The third-order valence-corrected chi connectivity index (χ3v) is 3.60. The highest BCUT2D eigenvalue weighted by atomic mass is 19.1. The van der Waals surface area contributed by atoms with E-state index in [0.717, 1.165) is 5.56 Å². The maximum absolute atomic E-state index is 12.9. The molecule has 1 amide bonds. The second-order valence-corrected chi connectivity index (χ2v) is 5.57. The number of nitrogens with zero attached hydrogens (tertiary/aromatic N) is 3. The summed E-state index contributed by atoms with van der Waals surface area (Å²) in [5.41, 5.74) is 2.00. The molecule has 0 saturated carbocycles. The molecule has 0 saturated heterocycles. The van der Waals surface area contributed by atoms with E-state index in [1.807, 2.05) is 30.3 Å². The van der Waals surface area contributed by atoms with E-state index in [1.54, 1.807) is 24.1 Å². The molecule has 0 atom stereocenters. The van der Waals surface area contributed by atoms with E-state index in [2.05, 4.69) is 15.3 Å². The van der Waals surface area contributed by atoms with Crippen LogP contribution < -0.4 is 5.32 Å². The van der Waals surface area contributed by atoms with Crippen LogP contribution >= 0.6 is 0 Å².